The normalized spacial score (nSPS) is 17.1. The van der Waals surface area contributed by atoms with E-state index in [4.69, 9.17) is 9.72 Å². The monoisotopic (exact) mass is 241 g/mol. The molecule has 4 nitrogen and oxygen atoms in total. The summed E-state index contributed by atoms with van der Waals surface area (Å²) in [4.78, 5) is 8.15. The van der Waals surface area contributed by atoms with Crippen LogP contribution in [0.15, 0.2) is 18.2 Å². The summed E-state index contributed by atoms with van der Waals surface area (Å²) in [6.45, 7) is 2.69. The zero-order valence-electron chi connectivity index (χ0n) is 10.1. The number of ether oxygens (including phenoxy) is 1. The number of fused-ring (bicyclic) bond motifs is 2. The molecule has 0 spiro atoms. The van der Waals surface area contributed by atoms with Crippen LogP contribution in [0, 0.1) is 0 Å². The van der Waals surface area contributed by atoms with E-state index in [1.165, 1.54) is 17.0 Å². The third-order valence-corrected chi connectivity index (χ3v) is 3.67. The number of imidazole rings is 1. The number of hydrogen-bond donors (Lipinski definition) is 2. The molecule has 0 bridgehead atoms. The SMILES string of the molecule is c1cc2c(c(-c3nc4c([nH]3)CNCC4)c1)OCC2. The van der Waals surface area contributed by atoms with Gasteiger partial charge in [0, 0.05) is 25.9 Å². The number of rotatable bonds is 1. The fourth-order valence-corrected chi connectivity index (χ4v) is 2.75. The summed E-state index contributed by atoms with van der Waals surface area (Å²) in [5.74, 6) is 1.96. The maximum atomic E-state index is 5.74. The van der Waals surface area contributed by atoms with Crippen molar-refractivity contribution in [1.82, 2.24) is 15.3 Å². The summed E-state index contributed by atoms with van der Waals surface area (Å²) < 4.78 is 5.74. The Morgan fingerprint density at radius 1 is 1.22 bits per heavy atom. The molecule has 0 unspecified atom stereocenters. The third kappa shape index (κ3) is 1.46. The highest BCUT2D eigenvalue weighted by atomic mass is 16.5. The molecule has 0 radical (unpaired) electrons. The summed E-state index contributed by atoms with van der Waals surface area (Å²) in [5.41, 5.74) is 4.80. The molecule has 92 valence electrons. The minimum atomic E-state index is 0.786. The predicted molar refractivity (Wildman–Crippen MR) is 68.6 cm³/mol. The Hall–Kier alpha value is -1.81. The number of aromatic nitrogens is 2. The van der Waals surface area contributed by atoms with E-state index in [1.54, 1.807) is 0 Å². The molecule has 0 saturated heterocycles. The van der Waals surface area contributed by atoms with Crippen molar-refractivity contribution < 1.29 is 4.74 Å². The van der Waals surface area contributed by atoms with Gasteiger partial charge < -0.3 is 15.0 Å². The number of hydrogen-bond acceptors (Lipinski definition) is 3. The van der Waals surface area contributed by atoms with Gasteiger partial charge in [0.05, 0.1) is 23.6 Å². The van der Waals surface area contributed by atoms with E-state index in [0.717, 1.165) is 49.7 Å². The van der Waals surface area contributed by atoms with Crippen LogP contribution in [-0.4, -0.2) is 23.1 Å². The van der Waals surface area contributed by atoms with Gasteiger partial charge in [-0.2, -0.15) is 0 Å². The smallest absolute Gasteiger partial charge is 0.141 e. The molecular weight excluding hydrogens is 226 g/mol. The second-order valence-corrected chi connectivity index (χ2v) is 4.83. The minimum Gasteiger partial charge on any atom is -0.492 e. The number of nitrogens with one attached hydrogen (secondary N) is 2. The molecule has 4 heteroatoms. The number of benzene rings is 1. The lowest BCUT2D eigenvalue weighted by atomic mass is 10.1. The highest BCUT2D eigenvalue weighted by Gasteiger charge is 2.21. The predicted octanol–water partition coefficient (Wildman–Crippen LogP) is 1.66. The maximum Gasteiger partial charge on any atom is 0.141 e. The van der Waals surface area contributed by atoms with Gasteiger partial charge in [-0.25, -0.2) is 4.98 Å². The first-order chi connectivity index (χ1) is 8.92. The van der Waals surface area contributed by atoms with E-state index in [2.05, 4.69) is 28.5 Å². The molecule has 1 aromatic carbocycles. The van der Waals surface area contributed by atoms with Crippen molar-refractivity contribution >= 4 is 0 Å². The molecule has 2 N–H and O–H groups in total. The number of nitrogens with zero attached hydrogens (tertiary/aromatic N) is 1. The molecule has 4 rings (SSSR count). The average molecular weight is 241 g/mol. The standard InChI is InChI=1S/C14H15N3O/c1-2-9-5-7-18-13(9)10(3-1)14-16-11-4-6-15-8-12(11)17-14/h1-3,15H,4-8H2,(H,16,17). The molecule has 2 aromatic rings. The average Bonchev–Trinajstić information content (AvgIpc) is 3.04. The molecule has 0 fully saturated rings. The van der Waals surface area contributed by atoms with Crippen LogP contribution in [0.2, 0.25) is 0 Å². The molecule has 2 aliphatic heterocycles. The number of H-pyrrole nitrogens is 1. The summed E-state index contributed by atoms with van der Waals surface area (Å²) in [7, 11) is 0. The fraction of sp³-hybridized carbons (Fsp3) is 0.357. The third-order valence-electron chi connectivity index (χ3n) is 3.67. The second kappa shape index (κ2) is 3.85. The van der Waals surface area contributed by atoms with Crippen molar-refractivity contribution in [3.05, 3.63) is 35.2 Å². The Morgan fingerprint density at radius 3 is 3.17 bits per heavy atom. The summed E-state index contributed by atoms with van der Waals surface area (Å²) in [6, 6.07) is 6.31. The topological polar surface area (TPSA) is 49.9 Å². The van der Waals surface area contributed by atoms with Gasteiger partial charge in [0.1, 0.15) is 11.6 Å². The fourth-order valence-electron chi connectivity index (χ4n) is 2.75. The summed E-state index contributed by atoms with van der Waals surface area (Å²) in [5, 5.41) is 3.36. The van der Waals surface area contributed by atoms with Crippen molar-refractivity contribution in [3.63, 3.8) is 0 Å². The molecule has 0 aliphatic carbocycles. The van der Waals surface area contributed by atoms with E-state index in [-0.39, 0.29) is 0 Å². The van der Waals surface area contributed by atoms with Crippen LogP contribution in [0.5, 0.6) is 5.75 Å². The zero-order valence-corrected chi connectivity index (χ0v) is 10.1. The lowest BCUT2D eigenvalue weighted by Crippen LogP contribution is -2.23. The lowest BCUT2D eigenvalue weighted by Gasteiger charge is -2.09. The molecule has 1 aromatic heterocycles. The van der Waals surface area contributed by atoms with Gasteiger partial charge in [0.15, 0.2) is 0 Å². The van der Waals surface area contributed by atoms with E-state index in [9.17, 15) is 0 Å². The summed E-state index contributed by atoms with van der Waals surface area (Å²) >= 11 is 0. The highest BCUT2D eigenvalue weighted by molar-refractivity contribution is 5.68. The van der Waals surface area contributed by atoms with Crippen LogP contribution in [-0.2, 0) is 19.4 Å². The largest absolute Gasteiger partial charge is 0.492 e. The van der Waals surface area contributed by atoms with Crippen molar-refractivity contribution in [2.45, 2.75) is 19.4 Å². The van der Waals surface area contributed by atoms with Gasteiger partial charge in [-0.3, -0.25) is 0 Å². The van der Waals surface area contributed by atoms with Crippen LogP contribution < -0.4 is 10.1 Å². The lowest BCUT2D eigenvalue weighted by molar-refractivity contribution is 0.358. The van der Waals surface area contributed by atoms with E-state index in [1.807, 2.05) is 0 Å². The molecule has 3 heterocycles. The van der Waals surface area contributed by atoms with Crippen LogP contribution >= 0.6 is 0 Å². The first-order valence-corrected chi connectivity index (χ1v) is 6.45. The quantitative estimate of drug-likeness (QED) is 0.798. The van der Waals surface area contributed by atoms with Gasteiger partial charge in [-0.05, 0) is 11.6 Å². The Labute approximate surface area is 105 Å². The molecule has 0 amide bonds. The van der Waals surface area contributed by atoms with Crippen LogP contribution in [0.1, 0.15) is 17.0 Å². The van der Waals surface area contributed by atoms with Crippen molar-refractivity contribution in [2.24, 2.45) is 0 Å². The second-order valence-electron chi connectivity index (χ2n) is 4.83. The summed E-state index contributed by atoms with van der Waals surface area (Å²) in [6.07, 6.45) is 2.01. The van der Waals surface area contributed by atoms with Gasteiger partial charge in [-0.1, -0.05) is 12.1 Å². The molecule has 0 saturated carbocycles. The Morgan fingerprint density at radius 2 is 2.22 bits per heavy atom. The molecule has 0 atom stereocenters. The Kier molecular flexibility index (Phi) is 2.17. The van der Waals surface area contributed by atoms with Gasteiger partial charge in [0.2, 0.25) is 0 Å². The zero-order chi connectivity index (χ0) is 11.9. The van der Waals surface area contributed by atoms with Crippen LogP contribution in [0.4, 0.5) is 0 Å². The van der Waals surface area contributed by atoms with E-state index in [0.29, 0.717) is 0 Å². The maximum absolute atomic E-state index is 5.74. The highest BCUT2D eigenvalue weighted by Crippen LogP contribution is 2.35. The minimum absolute atomic E-state index is 0.786. The van der Waals surface area contributed by atoms with Gasteiger partial charge in [0.25, 0.3) is 0 Å². The number of aromatic amines is 1. The molecular formula is C14H15N3O. The van der Waals surface area contributed by atoms with Crippen molar-refractivity contribution in [2.75, 3.05) is 13.2 Å². The van der Waals surface area contributed by atoms with Crippen LogP contribution in [0.25, 0.3) is 11.4 Å². The van der Waals surface area contributed by atoms with E-state index >= 15 is 0 Å². The number of para-hydroxylation sites is 1. The first kappa shape index (κ1) is 10.1. The van der Waals surface area contributed by atoms with Crippen molar-refractivity contribution in [1.29, 1.82) is 0 Å². The Bertz CT molecular complexity index is 580. The Balaban J connectivity index is 1.83. The first-order valence-electron chi connectivity index (χ1n) is 6.45. The van der Waals surface area contributed by atoms with Crippen LogP contribution in [0.3, 0.4) is 0 Å². The molecule has 18 heavy (non-hydrogen) atoms. The van der Waals surface area contributed by atoms with Crippen molar-refractivity contribution in [3.8, 4) is 17.1 Å². The molecule has 2 aliphatic rings. The van der Waals surface area contributed by atoms with Gasteiger partial charge in [-0.15, -0.1) is 0 Å². The van der Waals surface area contributed by atoms with E-state index < -0.39 is 0 Å². The van der Waals surface area contributed by atoms with Gasteiger partial charge >= 0.3 is 0 Å².